The molecular formula is C9H16Ca. The first-order valence-electron chi connectivity index (χ1n) is 3.71. The average molecular weight is 164 g/mol. The maximum atomic E-state index is 4.12. The molecule has 54 valence electrons. The van der Waals surface area contributed by atoms with Gasteiger partial charge in [-0.05, 0) is 0 Å². The topological polar surface area (TPSA) is 0 Å². The molecule has 1 aliphatic rings. The van der Waals surface area contributed by atoms with Gasteiger partial charge in [-0.1, -0.05) is 13.8 Å². The van der Waals surface area contributed by atoms with Crippen molar-refractivity contribution < 1.29 is 0 Å². The number of rotatable bonds is 0. The molecule has 0 amide bonds. The fourth-order valence-electron chi connectivity index (χ4n) is 1.42. The Morgan fingerprint density at radius 2 is 2.00 bits per heavy atom. The van der Waals surface area contributed by atoms with Crippen LogP contribution in [0.1, 0.15) is 33.6 Å². The molecule has 0 heterocycles. The summed E-state index contributed by atoms with van der Waals surface area (Å²) >= 11 is 0. The van der Waals surface area contributed by atoms with Gasteiger partial charge in [-0.25, -0.2) is 0 Å². The summed E-state index contributed by atoms with van der Waals surface area (Å²) in [6.07, 6.45) is 2.58. The summed E-state index contributed by atoms with van der Waals surface area (Å²) in [4.78, 5) is 0. The molecular weight excluding hydrogens is 148 g/mol. The minimum Gasteiger partial charge on any atom is -0.342 e. The van der Waals surface area contributed by atoms with E-state index in [4.69, 9.17) is 0 Å². The van der Waals surface area contributed by atoms with Crippen molar-refractivity contribution in [3.05, 3.63) is 12.8 Å². The van der Waals surface area contributed by atoms with E-state index in [0.717, 1.165) is 0 Å². The predicted molar refractivity (Wildman–Crippen MR) is 46.5 cm³/mol. The average Bonchev–Trinajstić information content (AvgIpc) is 1.96. The van der Waals surface area contributed by atoms with E-state index in [1.807, 2.05) is 0 Å². The Kier molecular flexibility index (Phi) is 4.25. The second-order valence-corrected chi connectivity index (χ2v) is 3.74. The first-order chi connectivity index (χ1) is 4.05. The van der Waals surface area contributed by atoms with E-state index in [9.17, 15) is 0 Å². The van der Waals surface area contributed by atoms with Crippen molar-refractivity contribution in [2.24, 2.45) is 11.3 Å². The van der Waals surface area contributed by atoms with E-state index in [0.29, 0.717) is 11.3 Å². The van der Waals surface area contributed by atoms with Crippen LogP contribution in [0.3, 0.4) is 0 Å². The standard InChI is InChI=1S/C9H16.Ca/c1-7-5-6-8(2)9(7,3)4;/h7H,1,5-6H2,2-4H3;/q-2;+2/t7-;/m0./s1. The van der Waals surface area contributed by atoms with Crippen LogP contribution in [-0.4, -0.2) is 37.7 Å². The minimum atomic E-state index is 0. The molecule has 10 heavy (non-hydrogen) atoms. The first kappa shape index (κ1) is 11.3. The van der Waals surface area contributed by atoms with E-state index in [1.165, 1.54) is 12.8 Å². The van der Waals surface area contributed by atoms with Crippen molar-refractivity contribution in [2.45, 2.75) is 33.6 Å². The van der Waals surface area contributed by atoms with Gasteiger partial charge in [0.2, 0.25) is 0 Å². The van der Waals surface area contributed by atoms with E-state index in [1.54, 1.807) is 5.92 Å². The number of hydrogen-bond donors (Lipinski definition) is 0. The summed E-state index contributed by atoms with van der Waals surface area (Å²) in [6.45, 7) is 11.0. The Balaban J connectivity index is 0.000000810. The Hall–Kier alpha value is 1.26. The maximum absolute atomic E-state index is 4.12. The quantitative estimate of drug-likeness (QED) is 0.381. The van der Waals surface area contributed by atoms with Gasteiger partial charge in [0.05, 0.1) is 0 Å². The van der Waals surface area contributed by atoms with Crippen molar-refractivity contribution in [2.75, 3.05) is 0 Å². The van der Waals surface area contributed by atoms with E-state index in [2.05, 4.69) is 27.7 Å². The van der Waals surface area contributed by atoms with Crippen LogP contribution in [0.2, 0.25) is 0 Å². The Morgan fingerprint density at radius 3 is 2.10 bits per heavy atom. The van der Waals surface area contributed by atoms with Gasteiger partial charge >= 0.3 is 37.7 Å². The van der Waals surface area contributed by atoms with Gasteiger partial charge in [-0.15, -0.1) is 6.42 Å². The van der Waals surface area contributed by atoms with Gasteiger partial charge in [-0.3, -0.25) is 0 Å². The summed E-state index contributed by atoms with van der Waals surface area (Å²) in [6, 6.07) is 0. The predicted octanol–water partition coefficient (Wildman–Crippen LogP) is 2.47. The summed E-state index contributed by atoms with van der Waals surface area (Å²) in [7, 11) is 0. The van der Waals surface area contributed by atoms with Crippen LogP contribution in [0.4, 0.5) is 0 Å². The van der Waals surface area contributed by atoms with E-state index < -0.39 is 0 Å². The summed E-state index contributed by atoms with van der Waals surface area (Å²) in [5.74, 6) is 2.28. The molecule has 0 aromatic carbocycles. The van der Waals surface area contributed by atoms with Crippen LogP contribution in [0.5, 0.6) is 0 Å². The van der Waals surface area contributed by atoms with Crippen LogP contribution < -0.4 is 0 Å². The number of hydrogen-bond acceptors (Lipinski definition) is 0. The van der Waals surface area contributed by atoms with Crippen molar-refractivity contribution in [3.8, 4) is 0 Å². The van der Waals surface area contributed by atoms with Crippen LogP contribution in [0, 0.1) is 24.2 Å². The molecule has 1 saturated carbocycles. The smallest absolute Gasteiger partial charge is 0.342 e. The molecule has 1 rings (SSSR count). The molecule has 0 aromatic rings. The first-order valence-corrected chi connectivity index (χ1v) is 3.71. The second kappa shape index (κ2) is 3.78. The molecule has 0 spiro atoms. The van der Waals surface area contributed by atoms with Gasteiger partial charge in [0.15, 0.2) is 0 Å². The molecule has 1 heteroatoms. The molecule has 0 radical (unpaired) electrons. The molecule has 0 bridgehead atoms. The third-order valence-electron chi connectivity index (χ3n) is 2.99. The van der Waals surface area contributed by atoms with Gasteiger partial charge in [0.1, 0.15) is 0 Å². The van der Waals surface area contributed by atoms with Gasteiger partial charge < -0.3 is 12.8 Å². The monoisotopic (exact) mass is 164 g/mol. The SMILES string of the molecule is [CH2-][C@H]1CC[C-](C)C1(C)C.[Ca+2]. The zero-order valence-corrected chi connectivity index (χ0v) is 9.61. The molecule has 1 aliphatic carbocycles. The third kappa shape index (κ3) is 1.89. The molecule has 1 fully saturated rings. The summed E-state index contributed by atoms with van der Waals surface area (Å²) in [5, 5.41) is 0. The van der Waals surface area contributed by atoms with Gasteiger partial charge in [0, 0.05) is 0 Å². The van der Waals surface area contributed by atoms with Crippen LogP contribution in [0.15, 0.2) is 0 Å². The molecule has 1 atom stereocenters. The minimum absolute atomic E-state index is 0. The fourth-order valence-corrected chi connectivity index (χ4v) is 1.42. The molecule has 0 N–H and O–H groups in total. The molecule has 0 aromatic heterocycles. The van der Waals surface area contributed by atoms with Crippen molar-refractivity contribution in [3.63, 3.8) is 0 Å². The van der Waals surface area contributed by atoms with Gasteiger partial charge in [-0.2, -0.15) is 24.7 Å². The molecule has 0 aliphatic heterocycles. The van der Waals surface area contributed by atoms with Crippen molar-refractivity contribution >= 4 is 37.7 Å². The molecule has 0 nitrogen and oxygen atoms in total. The van der Waals surface area contributed by atoms with Crippen LogP contribution in [-0.2, 0) is 0 Å². The largest absolute Gasteiger partial charge is 2.00 e. The third-order valence-corrected chi connectivity index (χ3v) is 2.99. The second-order valence-electron chi connectivity index (χ2n) is 3.74. The molecule has 0 unspecified atom stereocenters. The van der Waals surface area contributed by atoms with Crippen LogP contribution >= 0.6 is 0 Å². The van der Waals surface area contributed by atoms with Crippen molar-refractivity contribution in [1.82, 2.24) is 0 Å². The Morgan fingerprint density at radius 1 is 1.50 bits per heavy atom. The zero-order valence-electron chi connectivity index (χ0n) is 7.41. The van der Waals surface area contributed by atoms with Gasteiger partial charge in [0.25, 0.3) is 0 Å². The maximum Gasteiger partial charge on any atom is 2.00 e. The van der Waals surface area contributed by atoms with E-state index in [-0.39, 0.29) is 37.7 Å². The Bertz CT molecular complexity index is 95.3. The Labute approximate surface area is 94.8 Å². The van der Waals surface area contributed by atoms with Crippen LogP contribution in [0.25, 0.3) is 0 Å². The fraction of sp³-hybridized carbons (Fsp3) is 0.778. The summed E-state index contributed by atoms with van der Waals surface area (Å²) in [5.41, 5.74) is 0.417. The normalized spacial score (nSPS) is 31.8. The zero-order chi connectivity index (χ0) is 7.07. The molecule has 0 saturated heterocycles. The van der Waals surface area contributed by atoms with E-state index >= 15 is 0 Å². The summed E-state index contributed by atoms with van der Waals surface area (Å²) < 4.78 is 0. The van der Waals surface area contributed by atoms with Crippen molar-refractivity contribution in [1.29, 1.82) is 0 Å².